The molecule has 104 valence electrons. The Bertz CT molecular complexity index is 374. The van der Waals surface area contributed by atoms with E-state index in [0.29, 0.717) is 6.04 Å². The largest absolute Gasteiger partial charge is 0.379 e. The van der Waals surface area contributed by atoms with Crippen molar-refractivity contribution in [1.29, 1.82) is 0 Å². The van der Waals surface area contributed by atoms with Crippen molar-refractivity contribution in [1.82, 2.24) is 10.3 Å². The molecule has 0 saturated heterocycles. The highest BCUT2D eigenvalue weighted by Gasteiger charge is 2.20. The number of nitrogens with zero attached hydrogens (tertiary/aromatic N) is 1. The first-order valence-electron chi connectivity index (χ1n) is 6.61. The third-order valence-corrected chi connectivity index (χ3v) is 4.19. The van der Waals surface area contributed by atoms with E-state index in [9.17, 15) is 0 Å². The molecule has 1 atom stereocenters. The zero-order valence-corrected chi connectivity index (χ0v) is 13.3. The fourth-order valence-corrected chi connectivity index (χ4v) is 3.06. The molecule has 1 heterocycles. The van der Waals surface area contributed by atoms with Crippen molar-refractivity contribution in [2.75, 3.05) is 7.11 Å². The molecule has 0 aliphatic rings. The highest BCUT2D eigenvalue weighted by molar-refractivity contribution is 7.11. The minimum Gasteiger partial charge on any atom is -0.379 e. The Morgan fingerprint density at radius 1 is 1.44 bits per heavy atom. The molecule has 1 N–H and O–H groups in total. The number of methoxy groups -OCH3 is 1. The van der Waals surface area contributed by atoms with E-state index in [1.54, 1.807) is 18.4 Å². The van der Waals surface area contributed by atoms with E-state index in [-0.39, 0.29) is 5.60 Å². The summed E-state index contributed by atoms with van der Waals surface area (Å²) in [5.41, 5.74) is 1.17. The van der Waals surface area contributed by atoms with Crippen LogP contribution in [-0.2, 0) is 17.7 Å². The topological polar surface area (TPSA) is 34.2 Å². The lowest BCUT2D eigenvalue weighted by molar-refractivity contribution is 0.00846. The molecule has 18 heavy (non-hydrogen) atoms. The molecule has 4 heteroatoms. The molecule has 0 amide bonds. The van der Waals surface area contributed by atoms with Gasteiger partial charge in [-0.2, -0.15) is 0 Å². The van der Waals surface area contributed by atoms with E-state index >= 15 is 0 Å². The lowest BCUT2D eigenvalue weighted by Gasteiger charge is -2.27. The third-order valence-electron chi connectivity index (χ3n) is 3.18. The first-order valence-corrected chi connectivity index (χ1v) is 7.43. The molecule has 0 fully saturated rings. The molecule has 3 nitrogen and oxygen atoms in total. The van der Waals surface area contributed by atoms with Gasteiger partial charge in [0.15, 0.2) is 0 Å². The van der Waals surface area contributed by atoms with Crippen molar-refractivity contribution in [3.63, 3.8) is 0 Å². The SMILES string of the molecule is CCc1nc(C)sc1CN[C@H](C)CC(C)(C)OC. The number of aromatic nitrogens is 1. The van der Waals surface area contributed by atoms with Crippen LogP contribution in [-0.4, -0.2) is 23.7 Å². The number of ether oxygens (including phenoxy) is 1. The van der Waals surface area contributed by atoms with Crippen LogP contribution in [0.1, 0.15) is 49.7 Å². The molecule has 1 aromatic heterocycles. The second-order valence-corrected chi connectivity index (χ2v) is 6.69. The lowest BCUT2D eigenvalue weighted by atomic mass is 10.00. The molecule has 0 unspecified atom stereocenters. The van der Waals surface area contributed by atoms with Gasteiger partial charge in [0, 0.05) is 24.6 Å². The average molecular weight is 270 g/mol. The van der Waals surface area contributed by atoms with Crippen LogP contribution < -0.4 is 5.32 Å². The van der Waals surface area contributed by atoms with Gasteiger partial charge >= 0.3 is 0 Å². The summed E-state index contributed by atoms with van der Waals surface area (Å²) in [6, 6.07) is 0.437. The molecule has 0 spiro atoms. The highest BCUT2D eigenvalue weighted by Crippen LogP contribution is 2.20. The van der Waals surface area contributed by atoms with Crippen LogP contribution in [0.25, 0.3) is 0 Å². The minimum absolute atomic E-state index is 0.0659. The Kier molecular flexibility index (Phi) is 5.76. The molecule has 0 saturated carbocycles. The average Bonchev–Trinajstić information content (AvgIpc) is 2.66. The number of nitrogens with one attached hydrogen (secondary N) is 1. The van der Waals surface area contributed by atoms with E-state index in [1.165, 1.54) is 10.6 Å². The lowest BCUT2D eigenvalue weighted by Crippen LogP contribution is -2.35. The maximum Gasteiger partial charge on any atom is 0.0900 e. The van der Waals surface area contributed by atoms with Crippen LogP contribution >= 0.6 is 11.3 Å². The van der Waals surface area contributed by atoms with Crippen molar-refractivity contribution in [2.45, 2.75) is 65.6 Å². The van der Waals surface area contributed by atoms with Gasteiger partial charge in [-0.15, -0.1) is 11.3 Å². The van der Waals surface area contributed by atoms with Gasteiger partial charge in [0.1, 0.15) is 0 Å². The quantitative estimate of drug-likeness (QED) is 0.825. The summed E-state index contributed by atoms with van der Waals surface area (Å²) in [5, 5.41) is 4.73. The molecule has 0 aliphatic carbocycles. The van der Waals surface area contributed by atoms with Crippen LogP contribution in [0.5, 0.6) is 0 Å². The third kappa shape index (κ3) is 4.67. The van der Waals surface area contributed by atoms with Gasteiger partial charge < -0.3 is 10.1 Å². The first-order chi connectivity index (χ1) is 8.38. The van der Waals surface area contributed by atoms with E-state index in [0.717, 1.165) is 24.4 Å². The zero-order valence-electron chi connectivity index (χ0n) is 12.5. The number of hydrogen-bond acceptors (Lipinski definition) is 4. The highest BCUT2D eigenvalue weighted by atomic mass is 32.1. The standard InChI is InChI=1S/C14H26N2OS/c1-7-12-13(18-11(3)16-12)9-15-10(2)8-14(4,5)17-6/h10,15H,7-9H2,1-6H3/t10-/m1/s1. The molecular formula is C14H26N2OS. The number of hydrogen-bond donors (Lipinski definition) is 1. The van der Waals surface area contributed by atoms with Crippen LogP contribution in [0.4, 0.5) is 0 Å². The molecule has 0 bridgehead atoms. The Labute approximate surface area is 115 Å². The van der Waals surface area contributed by atoms with E-state index < -0.39 is 0 Å². The van der Waals surface area contributed by atoms with Gasteiger partial charge in [-0.05, 0) is 40.5 Å². The van der Waals surface area contributed by atoms with Crippen LogP contribution in [0.15, 0.2) is 0 Å². The molecule has 1 aromatic rings. The molecule has 0 radical (unpaired) electrons. The Balaban J connectivity index is 2.49. The Hall–Kier alpha value is -0.450. The summed E-state index contributed by atoms with van der Waals surface area (Å²) in [7, 11) is 1.77. The van der Waals surface area contributed by atoms with Gasteiger partial charge in [-0.3, -0.25) is 0 Å². The summed E-state index contributed by atoms with van der Waals surface area (Å²) in [4.78, 5) is 5.92. The van der Waals surface area contributed by atoms with Crippen molar-refractivity contribution in [2.24, 2.45) is 0 Å². The van der Waals surface area contributed by atoms with Gasteiger partial charge in [0.05, 0.1) is 16.3 Å². The normalized spacial score (nSPS) is 13.9. The van der Waals surface area contributed by atoms with Crippen LogP contribution in [0, 0.1) is 6.92 Å². The van der Waals surface area contributed by atoms with Crippen LogP contribution in [0.3, 0.4) is 0 Å². The Morgan fingerprint density at radius 2 is 2.11 bits per heavy atom. The Morgan fingerprint density at radius 3 is 2.67 bits per heavy atom. The second kappa shape index (κ2) is 6.64. The van der Waals surface area contributed by atoms with Crippen LogP contribution in [0.2, 0.25) is 0 Å². The zero-order chi connectivity index (χ0) is 13.8. The fraction of sp³-hybridized carbons (Fsp3) is 0.786. The predicted molar refractivity (Wildman–Crippen MR) is 78.2 cm³/mol. The predicted octanol–water partition coefficient (Wildman–Crippen LogP) is 3.31. The second-order valence-electron chi connectivity index (χ2n) is 5.41. The summed E-state index contributed by atoms with van der Waals surface area (Å²) in [5.74, 6) is 0. The monoisotopic (exact) mass is 270 g/mol. The van der Waals surface area contributed by atoms with Gasteiger partial charge in [0.2, 0.25) is 0 Å². The smallest absolute Gasteiger partial charge is 0.0900 e. The van der Waals surface area contributed by atoms with Crippen molar-refractivity contribution in [3.05, 3.63) is 15.6 Å². The molecule has 0 aromatic carbocycles. The van der Waals surface area contributed by atoms with Crippen molar-refractivity contribution >= 4 is 11.3 Å². The minimum atomic E-state index is -0.0659. The first kappa shape index (κ1) is 15.6. The fourth-order valence-electron chi connectivity index (χ4n) is 2.09. The number of thiazole rings is 1. The van der Waals surface area contributed by atoms with E-state index in [4.69, 9.17) is 4.74 Å². The van der Waals surface area contributed by atoms with Gasteiger partial charge in [-0.1, -0.05) is 6.92 Å². The summed E-state index contributed by atoms with van der Waals surface area (Å²) < 4.78 is 5.46. The number of rotatable bonds is 7. The number of aryl methyl sites for hydroxylation is 2. The van der Waals surface area contributed by atoms with Gasteiger partial charge in [-0.25, -0.2) is 4.98 Å². The maximum absolute atomic E-state index is 5.46. The summed E-state index contributed by atoms with van der Waals surface area (Å²) >= 11 is 1.80. The summed E-state index contributed by atoms with van der Waals surface area (Å²) in [6.07, 6.45) is 2.02. The van der Waals surface area contributed by atoms with Gasteiger partial charge in [0.25, 0.3) is 0 Å². The van der Waals surface area contributed by atoms with Crippen molar-refractivity contribution in [3.8, 4) is 0 Å². The molecular weight excluding hydrogens is 244 g/mol. The molecule has 1 rings (SSSR count). The van der Waals surface area contributed by atoms with Crippen molar-refractivity contribution < 1.29 is 4.74 Å². The van der Waals surface area contributed by atoms with E-state index in [1.807, 2.05) is 0 Å². The van der Waals surface area contributed by atoms with E-state index in [2.05, 4.69) is 44.9 Å². The maximum atomic E-state index is 5.46. The molecule has 0 aliphatic heterocycles. The summed E-state index contributed by atoms with van der Waals surface area (Å²) in [6.45, 7) is 11.6.